The van der Waals surface area contributed by atoms with Crippen LogP contribution in [0.5, 0.6) is 0 Å². The summed E-state index contributed by atoms with van der Waals surface area (Å²) in [6.45, 7) is 3.40. The van der Waals surface area contributed by atoms with Crippen molar-refractivity contribution in [1.82, 2.24) is 29.4 Å². The molecule has 0 aliphatic carbocycles. The molecule has 0 radical (unpaired) electrons. The lowest BCUT2D eigenvalue weighted by Crippen LogP contribution is -2.38. The fourth-order valence-electron chi connectivity index (χ4n) is 3.52. The quantitative estimate of drug-likeness (QED) is 0.716. The molecule has 7 nitrogen and oxygen atoms in total. The summed E-state index contributed by atoms with van der Waals surface area (Å²) in [6.07, 6.45) is 8.71. The van der Waals surface area contributed by atoms with Crippen LogP contribution < -0.4 is 0 Å². The van der Waals surface area contributed by atoms with Crippen molar-refractivity contribution < 1.29 is 4.79 Å². The number of pyridine rings is 1. The standard InChI is InChI=1S/C20H22N6O/c1-14-13-17(19-22-9-12-25(19)2)24-18(23-14)15-5-10-26(11-6-15)20(27)16-3-7-21-8-4-16/h3-4,7-9,12-13,15H,5-6,10-11H2,1-2H3. The van der Waals surface area contributed by atoms with Crippen molar-refractivity contribution in [3.63, 3.8) is 0 Å². The van der Waals surface area contributed by atoms with Crippen molar-refractivity contribution in [2.24, 2.45) is 7.05 Å². The molecule has 1 fully saturated rings. The summed E-state index contributed by atoms with van der Waals surface area (Å²) in [6, 6.07) is 5.49. The fraction of sp³-hybridized carbons (Fsp3) is 0.350. The molecule has 0 atom stereocenters. The lowest BCUT2D eigenvalue weighted by Gasteiger charge is -2.31. The summed E-state index contributed by atoms with van der Waals surface area (Å²) in [5.41, 5.74) is 2.47. The van der Waals surface area contributed by atoms with Gasteiger partial charge in [-0.1, -0.05) is 0 Å². The van der Waals surface area contributed by atoms with Crippen LogP contribution in [0.3, 0.4) is 0 Å². The molecule has 0 aromatic carbocycles. The lowest BCUT2D eigenvalue weighted by atomic mass is 9.95. The minimum Gasteiger partial charge on any atom is -0.339 e. The van der Waals surface area contributed by atoms with Gasteiger partial charge in [-0.05, 0) is 38.0 Å². The molecule has 0 bridgehead atoms. The van der Waals surface area contributed by atoms with E-state index in [2.05, 4.69) is 15.0 Å². The molecule has 4 rings (SSSR count). The van der Waals surface area contributed by atoms with Crippen LogP contribution in [0.25, 0.3) is 11.5 Å². The third-order valence-electron chi connectivity index (χ3n) is 5.00. The number of carbonyl (C=O) groups excluding carboxylic acids is 1. The van der Waals surface area contributed by atoms with Gasteiger partial charge >= 0.3 is 0 Å². The van der Waals surface area contributed by atoms with Crippen molar-refractivity contribution in [3.05, 3.63) is 60.1 Å². The number of imidazole rings is 1. The number of rotatable bonds is 3. The van der Waals surface area contributed by atoms with E-state index in [1.54, 1.807) is 30.7 Å². The molecule has 3 aromatic heterocycles. The smallest absolute Gasteiger partial charge is 0.253 e. The first kappa shape index (κ1) is 17.3. The van der Waals surface area contributed by atoms with Gasteiger partial charge in [0.25, 0.3) is 5.91 Å². The molecule has 27 heavy (non-hydrogen) atoms. The van der Waals surface area contributed by atoms with E-state index in [0.29, 0.717) is 18.7 Å². The summed E-state index contributed by atoms with van der Waals surface area (Å²) in [4.78, 5) is 32.3. The van der Waals surface area contributed by atoms with E-state index in [1.165, 1.54) is 0 Å². The Morgan fingerprint density at radius 2 is 1.85 bits per heavy atom. The molecule has 0 saturated carbocycles. The first-order chi connectivity index (χ1) is 13.1. The lowest BCUT2D eigenvalue weighted by molar-refractivity contribution is 0.0711. The second-order valence-corrected chi connectivity index (χ2v) is 6.92. The average molecular weight is 362 g/mol. The number of piperidine rings is 1. The van der Waals surface area contributed by atoms with Crippen molar-refractivity contribution in [1.29, 1.82) is 0 Å². The molecule has 0 spiro atoms. The normalized spacial score (nSPS) is 15.1. The Morgan fingerprint density at radius 1 is 1.11 bits per heavy atom. The number of aromatic nitrogens is 5. The summed E-state index contributed by atoms with van der Waals surface area (Å²) in [5.74, 6) is 2.01. The van der Waals surface area contributed by atoms with Gasteiger partial charge in [-0.25, -0.2) is 15.0 Å². The Hall–Kier alpha value is -3.09. The number of nitrogens with zero attached hydrogens (tertiary/aromatic N) is 6. The minimum absolute atomic E-state index is 0.0645. The highest BCUT2D eigenvalue weighted by Crippen LogP contribution is 2.28. The number of likely N-dealkylation sites (tertiary alicyclic amines) is 1. The van der Waals surface area contributed by atoms with E-state index >= 15 is 0 Å². The van der Waals surface area contributed by atoms with Gasteiger partial charge in [0, 0.05) is 62.1 Å². The largest absolute Gasteiger partial charge is 0.339 e. The number of hydrogen-bond acceptors (Lipinski definition) is 5. The van der Waals surface area contributed by atoms with E-state index < -0.39 is 0 Å². The van der Waals surface area contributed by atoms with Crippen LogP contribution in [-0.2, 0) is 7.05 Å². The Bertz CT molecular complexity index is 944. The predicted octanol–water partition coefficient (Wildman–Crippen LogP) is 2.60. The summed E-state index contributed by atoms with van der Waals surface area (Å²) in [5, 5.41) is 0. The molecule has 138 valence electrons. The molecule has 7 heteroatoms. The van der Waals surface area contributed by atoms with Gasteiger partial charge in [-0.3, -0.25) is 9.78 Å². The van der Waals surface area contributed by atoms with Crippen LogP contribution in [0, 0.1) is 6.92 Å². The molecule has 4 heterocycles. The van der Waals surface area contributed by atoms with Crippen LogP contribution in [-0.4, -0.2) is 48.4 Å². The zero-order valence-electron chi connectivity index (χ0n) is 15.5. The molecular formula is C20H22N6O. The van der Waals surface area contributed by atoms with Crippen molar-refractivity contribution in [2.45, 2.75) is 25.7 Å². The number of carbonyl (C=O) groups is 1. The Labute approximate surface area is 158 Å². The molecule has 0 unspecified atom stereocenters. The molecule has 1 saturated heterocycles. The molecule has 1 aliphatic heterocycles. The zero-order chi connectivity index (χ0) is 18.8. The van der Waals surface area contributed by atoms with E-state index in [1.807, 2.05) is 35.7 Å². The Kier molecular flexibility index (Phi) is 4.66. The van der Waals surface area contributed by atoms with Crippen molar-refractivity contribution in [2.75, 3.05) is 13.1 Å². The maximum absolute atomic E-state index is 12.6. The van der Waals surface area contributed by atoms with Crippen LogP contribution in [0.2, 0.25) is 0 Å². The number of hydrogen-bond donors (Lipinski definition) is 0. The van der Waals surface area contributed by atoms with Gasteiger partial charge in [0.2, 0.25) is 0 Å². The monoisotopic (exact) mass is 362 g/mol. The molecule has 0 N–H and O–H groups in total. The first-order valence-corrected chi connectivity index (χ1v) is 9.14. The predicted molar refractivity (Wildman–Crippen MR) is 101 cm³/mol. The van der Waals surface area contributed by atoms with E-state index in [9.17, 15) is 4.79 Å². The van der Waals surface area contributed by atoms with Gasteiger partial charge < -0.3 is 9.47 Å². The zero-order valence-corrected chi connectivity index (χ0v) is 15.5. The van der Waals surface area contributed by atoms with Crippen LogP contribution in [0.1, 0.15) is 40.6 Å². The summed E-state index contributed by atoms with van der Waals surface area (Å²) < 4.78 is 1.96. The van der Waals surface area contributed by atoms with Crippen molar-refractivity contribution >= 4 is 5.91 Å². The van der Waals surface area contributed by atoms with Gasteiger partial charge in [0.05, 0.1) is 0 Å². The summed E-state index contributed by atoms with van der Waals surface area (Å²) >= 11 is 0. The SMILES string of the molecule is Cc1cc(-c2nccn2C)nc(C2CCN(C(=O)c3ccncc3)CC2)n1. The highest BCUT2D eigenvalue weighted by Gasteiger charge is 2.26. The highest BCUT2D eigenvalue weighted by molar-refractivity contribution is 5.94. The Morgan fingerprint density at radius 3 is 2.52 bits per heavy atom. The molecular weight excluding hydrogens is 340 g/mol. The second-order valence-electron chi connectivity index (χ2n) is 6.92. The van der Waals surface area contributed by atoms with Gasteiger partial charge in [-0.2, -0.15) is 0 Å². The van der Waals surface area contributed by atoms with Crippen LogP contribution >= 0.6 is 0 Å². The summed E-state index contributed by atoms with van der Waals surface area (Å²) in [7, 11) is 1.96. The third-order valence-corrected chi connectivity index (χ3v) is 5.00. The van der Waals surface area contributed by atoms with E-state index in [4.69, 9.17) is 4.98 Å². The third kappa shape index (κ3) is 3.58. The van der Waals surface area contributed by atoms with E-state index in [-0.39, 0.29) is 11.8 Å². The molecule has 1 amide bonds. The van der Waals surface area contributed by atoms with E-state index in [0.717, 1.165) is 35.9 Å². The second kappa shape index (κ2) is 7.26. The topological polar surface area (TPSA) is 76.8 Å². The van der Waals surface area contributed by atoms with Gasteiger partial charge in [0.1, 0.15) is 11.5 Å². The van der Waals surface area contributed by atoms with Crippen LogP contribution in [0.15, 0.2) is 43.0 Å². The maximum Gasteiger partial charge on any atom is 0.253 e. The first-order valence-electron chi connectivity index (χ1n) is 9.14. The van der Waals surface area contributed by atoms with Crippen LogP contribution in [0.4, 0.5) is 0 Å². The average Bonchev–Trinajstić information content (AvgIpc) is 3.14. The van der Waals surface area contributed by atoms with Gasteiger partial charge in [-0.15, -0.1) is 0 Å². The fourth-order valence-corrected chi connectivity index (χ4v) is 3.52. The molecule has 1 aliphatic rings. The maximum atomic E-state index is 12.6. The highest BCUT2D eigenvalue weighted by atomic mass is 16.2. The number of aryl methyl sites for hydroxylation is 2. The van der Waals surface area contributed by atoms with Crippen molar-refractivity contribution in [3.8, 4) is 11.5 Å². The Balaban J connectivity index is 1.49. The molecule has 3 aromatic rings. The minimum atomic E-state index is 0.0645. The number of amides is 1. The van der Waals surface area contributed by atoms with Gasteiger partial charge in [0.15, 0.2) is 5.82 Å².